The summed E-state index contributed by atoms with van der Waals surface area (Å²) in [6.45, 7) is 1.45. The molecule has 1 aliphatic heterocycles. The molecule has 2 rings (SSSR count). The number of ether oxygens (including phenoxy) is 3. The molecule has 0 aliphatic carbocycles. The Kier molecular flexibility index (Phi) is 4.11. The highest BCUT2D eigenvalue weighted by atomic mass is 16.7. The minimum absolute atomic E-state index is 0.0918. The number of hydrogen-bond acceptors (Lipinski definition) is 5. The van der Waals surface area contributed by atoms with Crippen molar-refractivity contribution < 1.29 is 24.1 Å². The Labute approximate surface area is 111 Å². The number of carboxylic acid groups (broad SMARTS) is 1. The molecule has 0 bridgehead atoms. The molecule has 0 saturated heterocycles. The number of benzene rings is 1. The fourth-order valence-electron chi connectivity index (χ4n) is 1.77. The molecule has 0 atom stereocenters. The van der Waals surface area contributed by atoms with Gasteiger partial charge in [-0.2, -0.15) is 0 Å². The maximum absolute atomic E-state index is 11.2. The molecule has 19 heavy (non-hydrogen) atoms. The van der Waals surface area contributed by atoms with E-state index in [0.717, 1.165) is 13.0 Å². The topological polar surface area (TPSA) is 68.2 Å². The molecule has 0 fully saturated rings. The highest BCUT2D eigenvalue weighted by Crippen LogP contribution is 2.38. The molecule has 0 saturated carbocycles. The highest BCUT2D eigenvalue weighted by molar-refractivity contribution is 5.92. The monoisotopic (exact) mass is 267 g/mol. The van der Waals surface area contributed by atoms with Crippen LogP contribution in [0.1, 0.15) is 16.8 Å². The van der Waals surface area contributed by atoms with Crippen LogP contribution in [-0.2, 0) is 0 Å². The van der Waals surface area contributed by atoms with Gasteiger partial charge < -0.3 is 24.2 Å². The number of nitrogens with zero attached hydrogens (tertiary/aromatic N) is 1. The predicted octanol–water partition coefficient (Wildman–Crippen LogP) is 1.44. The van der Waals surface area contributed by atoms with Crippen molar-refractivity contribution in [2.24, 2.45) is 0 Å². The maximum Gasteiger partial charge on any atom is 0.339 e. The molecule has 104 valence electrons. The van der Waals surface area contributed by atoms with Gasteiger partial charge in [0.15, 0.2) is 11.5 Å². The third-order valence-electron chi connectivity index (χ3n) is 2.71. The van der Waals surface area contributed by atoms with E-state index >= 15 is 0 Å². The van der Waals surface area contributed by atoms with E-state index in [0.29, 0.717) is 23.9 Å². The van der Waals surface area contributed by atoms with Crippen LogP contribution in [-0.4, -0.2) is 50.0 Å². The Hall–Kier alpha value is -1.95. The molecule has 1 aromatic carbocycles. The summed E-state index contributed by atoms with van der Waals surface area (Å²) in [5.74, 6) is 0.238. The lowest BCUT2D eigenvalue weighted by Gasteiger charge is -2.12. The Morgan fingerprint density at radius 3 is 2.68 bits per heavy atom. The molecular weight excluding hydrogens is 250 g/mol. The third-order valence-corrected chi connectivity index (χ3v) is 2.71. The fourth-order valence-corrected chi connectivity index (χ4v) is 1.77. The van der Waals surface area contributed by atoms with E-state index in [1.165, 1.54) is 6.07 Å². The minimum Gasteiger partial charge on any atom is -0.492 e. The van der Waals surface area contributed by atoms with Gasteiger partial charge in [-0.05, 0) is 20.5 Å². The van der Waals surface area contributed by atoms with Gasteiger partial charge in [0.05, 0.1) is 6.61 Å². The van der Waals surface area contributed by atoms with Gasteiger partial charge in [-0.3, -0.25) is 0 Å². The lowest BCUT2D eigenvalue weighted by atomic mass is 10.2. The maximum atomic E-state index is 11.2. The molecule has 0 radical (unpaired) electrons. The zero-order valence-corrected chi connectivity index (χ0v) is 11.0. The van der Waals surface area contributed by atoms with Crippen molar-refractivity contribution in [3.05, 3.63) is 17.7 Å². The Balaban J connectivity index is 2.08. The largest absolute Gasteiger partial charge is 0.492 e. The van der Waals surface area contributed by atoms with E-state index in [9.17, 15) is 4.79 Å². The average Bonchev–Trinajstić information content (AvgIpc) is 2.80. The van der Waals surface area contributed by atoms with Crippen molar-refractivity contribution in [2.75, 3.05) is 34.0 Å². The van der Waals surface area contributed by atoms with E-state index in [2.05, 4.69) is 0 Å². The summed E-state index contributed by atoms with van der Waals surface area (Å²) in [4.78, 5) is 13.2. The molecule has 1 aliphatic rings. The normalized spacial score (nSPS) is 12.8. The summed E-state index contributed by atoms with van der Waals surface area (Å²) in [7, 11) is 3.95. The van der Waals surface area contributed by atoms with Gasteiger partial charge in [-0.25, -0.2) is 4.79 Å². The molecule has 0 aromatic heterocycles. The molecule has 1 heterocycles. The van der Waals surface area contributed by atoms with Crippen LogP contribution in [0, 0.1) is 0 Å². The van der Waals surface area contributed by atoms with Gasteiger partial charge in [0.1, 0.15) is 11.3 Å². The Morgan fingerprint density at radius 2 is 2.05 bits per heavy atom. The number of fused-ring (bicyclic) bond motifs is 1. The number of rotatable bonds is 6. The Morgan fingerprint density at radius 1 is 1.37 bits per heavy atom. The van der Waals surface area contributed by atoms with Crippen LogP contribution in [0.25, 0.3) is 0 Å². The van der Waals surface area contributed by atoms with Crippen LogP contribution < -0.4 is 14.2 Å². The Bertz CT molecular complexity index is 472. The van der Waals surface area contributed by atoms with E-state index < -0.39 is 5.97 Å². The van der Waals surface area contributed by atoms with Crippen LogP contribution in [0.4, 0.5) is 0 Å². The molecule has 6 heteroatoms. The van der Waals surface area contributed by atoms with Crippen molar-refractivity contribution in [2.45, 2.75) is 6.42 Å². The van der Waals surface area contributed by atoms with Crippen LogP contribution in [0.15, 0.2) is 12.1 Å². The SMILES string of the molecule is CN(C)CCCOc1cc2c(cc1C(=O)O)OCO2. The van der Waals surface area contributed by atoms with E-state index in [4.69, 9.17) is 19.3 Å². The first-order valence-electron chi connectivity index (χ1n) is 6.02. The van der Waals surface area contributed by atoms with Crippen LogP contribution in [0.2, 0.25) is 0 Å². The molecule has 0 spiro atoms. The lowest BCUT2D eigenvalue weighted by molar-refractivity contribution is 0.0691. The number of carboxylic acids is 1. The quantitative estimate of drug-likeness (QED) is 0.787. The molecule has 1 aromatic rings. The first-order chi connectivity index (χ1) is 9.08. The molecular formula is C13H17NO5. The van der Waals surface area contributed by atoms with Gasteiger partial charge >= 0.3 is 5.97 Å². The van der Waals surface area contributed by atoms with Crippen molar-refractivity contribution in [3.63, 3.8) is 0 Å². The van der Waals surface area contributed by atoms with Crippen molar-refractivity contribution in [1.82, 2.24) is 4.90 Å². The summed E-state index contributed by atoms with van der Waals surface area (Å²) in [5.41, 5.74) is 0.0918. The number of aromatic carboxylic acids is 1. The molecule has 0 amide bonds. The standard InChI is InChI=1S/C13H17NO5/c1-14(2)4-3-5-17-10-7-12-11(18-8-19-12)6-9(10)13(15)16/h6-7H,3-5,8H2,1-2H3,(H,15,16). The van der Waals surface area contributed by atoms with E-state index in [1.54, 1.807) is 6.07 Å². The van der Waals surface area contributed by atoms with Gasteiger partial charge in [-0.1, -0.05) is 0 Å². The summed E-state index contributed by atoms with van der Waals surface area (Å²) >= 11 is 0. The van der Waals surface area contributed by atoms with Crippen molar-refractivity contribution in [1.29, 1.82) is 0 Å². The third kappa shape index (κ3) is 3.29. The summed E-state index contributed by atoms with van der Waals surface area (Å²) < 4.78 is 15.9. The first-order valence-corrected chi connectivity index (χ1v) is 6.02. The van der Waals surface area contributed by atoms with Gasteiger partial charge in [0, 0.05) is 18.7 Å². The molecule has 6 nitrogen and oxygen atoms in total. The zero-order chi connectivity index (χ0) is 13.8. The van der Waals surface area contributed by atoms with E-state index in [1.807, 2.05) is 19.0 Å². The number of carbonyl (C=O) groups is 1. The number of hydrogen-bond donors (Lipinski definition) is 1. The van der Waals surface area contributed by atoms with Crippen molar-refractivity contribution >= 4 is 5.97 Å². The molecule has 1 N–H and O–H groups in total. The first kappa shape index (κ1) is 13.5. The summed E-state index contributed by atoms with van der Waals surface area (Å²) in [6, 6.07) is 3.01. The van der Waals surface area contributed by atoms with Crippen LogP contribution in [0.3, 0.4) is 0 Å². The van der Waals surface area contributed by atoms with Crippen molar-refractivity contribution in [3.8, 4) is 17.2 Å². The second-order valence-electron chi connectivity index (χ2n) is 4.51. The average molecular weight is 267 g/mol. The van der Waals surface area contributed by atoms with Gasteiger partial charge in [-0.15, -0.1) is 0 Å². The van der Waals surface area contributed by atoms with Crippen LogP contribution >= 0.6 is 0 Å². The smallest absolute Gasteiger partial charge is 0.339 e. The summed E-state index contributed by atoms with van der Waals surface area (Å²) in [6.07, 6.45) is 0.820. The zero-order valence-electron chi connectivity index (χ0n) is 11.0. The second-order valence-corrected chi connectivity index (χ2v) is 4.51. The van der Waals surface area contributed by atoms with Crippen LogP contribution in [0.5, 0.6) is 17.2 Å². The second kappa shape index (κ2) is 5.79. The van der Waals surface area contributed by atoms with Gasteiger partial charge in [0.2, 0.25) is 6.79 Å². The molecule has 0 unspecified atom stereocenters. The minimum atomic E-state index is -1.04. The lowest BCUT2D eigenvalue weighted by Crippen LogP contribution is -2.16. The fraction of sp³-hybridized carbons (Fsp3) is 0.462. The summed E-state index contributed by atoms with van der Waals surface area (Å²) in [5, 5.41) is 9.16. The van der Waals surface area contributed by atoms with Gasteiger partial charge in [0.25, 0.3) is 0 Å². The highest BCUT2D eigenvalue weighted by Gasteiger charge is 2.21. The predicted molar refractivity (Wildman–Crippen MR) is 68.2 cm³/mol. The van der Waals surface area contributed by atoms with E-state index in [-0.39, 0.29) is 12.4 Å².